The molecule has 1 aromatic carbocycles. The smallest absolute Gasteiger partial charge is 0.191 e. The molecule has 1 atom stereocenters. The Morgan fingerprint density at radius 1 is 1.21 bits per heavy atom. The van der Waals surface area contributed by atoms with Crippen molar-refractivity contribution in [3.05, 3.63) is 51.5 Å². The fourth-order valence-corrected chi connectivity index (χ4v) is 3.32. The Hall–Kier alpha value is -1.88. The van der Waals surface area contributed by atoms with E-state index in [2.05, 4.69) is 67.6 Å². The van der Waals surface area contributed by atoms with Crippen molar-refractivity contribution in [3.8, 4) is 0 Å². The third-order valence-corrected chi connectivity index (χ3v) is 5.07. The molecule has 1 heterocycles. The molecule has 1 unspecified atom stereocenters. The number of benzene rings is 1. The minimum absolute atomic E-state index is 0.408. The number of rotatable bonds is 7. The lowest BCUT2D eigenvalue weighted by molar-refractivity contribution is 0.745. The van der Waals surface area contributed by atoms with Crippen molar-refractivity contribution >= 4 is 17.3 Å². The van der Waals surface area contributed by atoms with Crippen molar-refractivity contribution in [1.29, 1.82) is 0 Å². The fourth-order valence-electron chi connectivity index (χ4n) is 2.39. The molecule has 0 fully saturated rings. The normalized spacial score (nSPS) is 12.9. The van der Waals surface area contributed by atoms with Crippen molar-refractivity contribution in [2.75, 3.05) is 19.6 Å². The molecule has 0 bridgehead atoms. The van der Waals surface area contributed by atoms with Crippen molar-refractivity contribution in [2.45, 2.75) is 40.0 Å². The first-order chi connectivity index (χ1) is 11.6. The van der Waals surface area contributed by atoms with Gasteiger partial charge in [-0.15, -0.1) is 11.3 Å². The number of aryl methyl sites for hydroxylation is 2. The summed E-state index contributed by atoms with van der Waals surface area (Å²) in [7, 11) is 0. The van der Waals surface area contributed by atoms with Crippen LogP contribution in [0.2, 0.25) is 0 Å². The Morgan fingerprint density at radius 3 is 2.58 bits per heavy atom. The molecule has 130 valence electrons. The predicted octanol–water partition coefficient (Wildman–Crippen LogP) is 3.66. The molecule has 0 aliphatic heterocycles. The van der Waals surface area contributed by atoms with Crippen LogP contribution in [0.25, 0.3) is 0 Å². The maximum absolute atomic E-state index is 4.72. The number of nitrogens with one attached hydrogen (secondary N) is 2. The molecule has 0 radical (unpaired) electrons. The molecule has 0 saturated carbocycles. The third-order valence-electron chi connectivity index (χ3n) is 3.94. The number of hydrogen-bond acceptors (Lipinski definition) is 3. The summed E-state index contributed by atoms with van der Waals surface area (Å²) >= 11 is 1.78. The van der Waals surface area contributed by atoms with Gasteiger partial charge < -0.3 is 10.6 Å². The van der Waals surface area contributed by atoms with E-state index in [0.717, 1.165) is 37.7 Å². The molecular formula is C19H28N4S. The van der Waals surface area contributed by atoms with Crippen LogP contribution in [0.4, 0.5) is 0 Å². The number of hydrogen-bond donors (Lipinski definition) is 2. The lowest BCUT2D eigenvalue weighted by Gasteiger charge is -2.13. The van der Waals surface area contributed by atoms with Crippen LogP contribution in [0.15, 0.2) is 35.3 Å². The van der Waals surface area contributed by atoms with Crippen LogP contribution in [0.3, 0.4) is 0 Å². The van der Waals surface area contributed by atoms with Gasteiger partial charge in [-0.1, -0.05) is 37.3 Å². The van der Waals surface area contributed by atoms with E-state index < -0.39 is 0 Å². The van der Waals surface area contributed by atoms with Crippen LogP contribution in [0.5, 0.6) is 0 Å². The summed E-state index contributed by atoms with van der Waals surface area (Å²) in [5.74, 6) is 1.29. The first-order valence-electron chi connectivity index (χ1n) is 8.60. The molecule has 0 amide bonds. The van der Waals surface area contributed by atoms with Gasteiger partial charge in [-0.3, -0.25) is 4.99 Å². The van der Waals surface area contributed by atoms with Crippen molar-refractivity contribution in [2.24, 2.45) is 4.99 Å². The standard InChI is InChI=1S/C19H28N4S/c1-5-20-19(21-12-11-18-23-15(3)16(4)24-18)22-13-14(2)17-9-7-6-8-10-17/h6-10,14H,5,11-13H2,1-4H3,(H2,20,21,22). The average molecular weight is 345 g/mol. The second kappa shape index (κ2) is 9.42. The third kappa shape index (κ3) is 5.64. The summed E-state index contributed by atoms with van der Waals surface area (Å²) in [4.78, 5) is 10.6. The molecule has 0 saturated heterocycles. The van der Waals surface area contributed by atoms with Crippen LogP contribution >= 0.6 is 11.3 Å². The van der Waals surface area contributed by atoms with Crippen LogP contribution in [0, 0.1) is 13.8 Å². The van der Waals surface area contributed by atoms with Gasteiger partial charge in [0.1, 0.15) is 0 Å². The summed E-state index contributed by atoms with van der Waals surface area (Å²) < 4.78 is 0. The number of guanidine groups is 1. The molecule has 2 rings (SSSR count). The van der Waals surface area contributed by atoms with Gasteiger partial charge in [0.2, 0.25) is 0 Å². The van der Waals surface area contributed by atoms with Gasteiger partial charge in [0.25, 0.3) is 0 Å². The summed E-state index contributed by atoms with van der Waals surface area (Å²) in [6.07, 6.45) is 0.929. The molecule has 4 nitrogen and oxygen atoms in total. The van der Waals surface area contributed by atoms with E-state index in [-0.39, 0.29) is 0 Å². The zero-order valence-electron chi connectivity index (χ0n) is 15.1. The minimum Gasteiger partial charge on any atom is -0.357 e. The van der Waals surface area contributed by atoms with Crippen LogP contribution in [-0.2, 0) is 6.42 Å². The number of thiazole rings is 1. The summed E-state index contributed by atoms with van der Waals surface area (Å²) in [6, 6.07) is 10.5. The lowest BCUT2D eigenvalue weighted by atomic mass is 10.0. The monoisotopic (exact) mass is 344 g/mol. The van der Waals surface area contributed by atoms with Gasteiger partial charge in [0.15, 0.2) is 5.96 Å². The lowest BCUT2D eigenvalue weighted by Crippen LogP contribution is -2.38. The van der Waals surface area contributed by atoms with E-state index in [1.807, 2.05) is 6.07 Å². The van der Waals surface area contributed by atoms with E-state index in [0.29, 0.717) is 5.92 Å². The highest BCUT2D eigenvalue weighted by atomic mass is 32.1. The maximum Gasteiger partial charge on any atom is 0.191 e. The number of aromatic nitrogens is 1. The molecular weight excluding hydrogens is 316 g/mol. The second-order valence-electron chi connectivity index (χ2n) is 5.96. The quantitative estimate of drug-likeness (QED) is 0.595. The Bertz CT molecular complexity index is 629. The number of nitrogens with zero attached hydrogens (tertiary/aromatic N) is 2. The van der Waals surface area contributed by atoms with Gasteiger partial charge >= 0.3 is 0 Å². The Balaban J connectivity index is 1.86. The second-order valence-corrected chi connectivity index (χ2v) is 7.25. The van der Waals surface area contributed by atoms with Crippen molar-refractivity contribution in [3.63, 3.8) is 0 Å². The molecule has 2 N–H and O–H groups in total. The summed E-state index contributed by atoms with van der Waals surface area (Å²) in [5.41, 5.74) is 2.47. The highest BCUT2D eigenvalue weighted by Crippen LogP contribution is 2.16. The van der Waals surface area contributed by atoms with Crippen LogP contribution < -0.4 is 10.6 Å². The van der Waals surface area contributed by atoms with Crippen molar-refractivity contribution < 1.29 is 0 Å². The molecule has 24 heavy (non-hydrogen) atoms. The zero-order valence-corrected chi connectivity index (χ0v) is 15.9. The molecule has 0 aliphatic rings. The van der Waals surface area contributed by atoms with E-state index in [1.54, 1.807) is 11.3 Å². The predicted molar refractivity (Wildman–Crippen MR) is 104 cm³/mol. The van der Waals surface area contributed by atoms with E-state index in [4.69, 9.17) is 4.99 Å². The van der Waals surface area contributed by atoms with Gasteiger partial charge in [0.05, 0.1) is 10.7 Å². The van der Waals surface area contributed by atoms with Crippen LogP contribution in [0.1, 0.15) is 40.9 Å². The summed E-state index contributed by atoms with van der Waals surface area (Å²) in [6.45, 7) is 11.0. The first kappa shape index (κ1) is 18.5. The molecule has 0 aliphatic carbocycles. The highest BCUT2D eigenvalue weighted by Gasteiger charge is 2.06. The minimum atomic E-state index is 0.408. The first-order valence-corrected chi connectivity index (χ1v) is 9.41. The Labute approximate surface area is 149 Å². The van der Waals surface area contributed by atoms with E-state index in [9.17, 15) is 0 Å². The van der Waals surface area contributed by atoms with Gasteiger partial charge in [-0.25, -0.2) is 4.98 Å². The van der Waals surface area contributed by atoms with Crippen LogP contribution in [-0.4, -0.2) is 30.6 Å². The van der Waals surface area contributed by atoms with Gasteiger partial charge in [-0.2, -0.15) is 0 Å². The molecule has 2 aromatic rings. The Kier molecular flexibility index (Phi) is 7.25. The zero-order chi connectivity index (χ0) is 17.4. The van der Waals surface area contributed by atoms with Crippen molar-refractivity contribution in [1.82, 2.24) is 15.6 Å². The average Bonchev–Trinajstić information content (AvgIpc) is 2.91. The fraction of sp³-hybridized carbons (Fsp3) is 0.474. The van der Waals surface area contributed by atoms with Gasteiger partial charge in [-0.05, 0) is 26.3 Å². The molecule has 5 heteroatoms. The van der Waals surface area contributed by atoms with E-state index >= 15 is 0 Å². The van der Waals surface area contributed by atoms with Gasteiger partial charge in [0, 0.05) is 36.9 Å². The number of aliphatic imine (C=N–C) groups is 1. The maximum atomic E-state index is 4.72. The molecule has 0 spiro atoms. The SMILES string of the molecule is CCNC(=NCC(C)c1ccccc1)NCCc1nc(C)c(C)s1. The largest absolute Gasteiger partial charge is 0.357 e. The topological polar surface area (TPSA) is 49.3 Å². The highest BCUT2D eigenvalue weighted by molar-refractivity contribution is 7.11. The summed E-state index contributed by atoms with van der Waals surface area (Å²) in [5, 5.41) is 7.91. The molecule has 1 aromatic heterocycles. The van der Waals surface area contributed by atoms with E-state index in [1.165, 1.54) is 15.4 Å². The Morgan fingerprint density at radius 2 is 1.96 bits per heavy atom.